The minimum absolute atomic E-state index is 0.199. The molecule has 3 rings (SSSR count). The van der Waals surface area contributed by atoms with Crippen LogP contribution in [0.3, 0.4) is 0 Å². The van der Waals surface area contributed by atoms with Gasteiger partial charge in [-0.2, -0.15) is 0 Å². The van der Waals surface area contributed by atoms with Gasteiger partial charge >= 0.3 is 5.97 Å². The second-order valence-electron chi connectivity index (χ2n) is 5.56. The number of ketones is 2. The van der Waals surface area contributed by atoms with Gasteiger partial charge in [-0.3, -0.25) is 9.59 Å². The molecule has 2 aromatic rings. The number of rotatable bonds is 4. The van der Waals surface area contributed by atoms with Crippen molar-refractivity contribution >= 4 is 23.6 Å². The van der Waals surface area contributed by atoms with E-state index in [1.54, 1.807) is 48.6 Å². The molecule has 0 aromatic heterocycles. The number of carbonyl (C=O) groups is 3. The average molecular weight is 348 g/mol. The highest BCUT2D eigenvalue weighted by atomic mass is 16.5. The minimum atomic E-state index is -0.468. The summed E-state index contributed by atoms with van der Waals surface area (Å²) < 4.78 is 9.95. The summed E-state index contributed by atoms with van der Waals surface area (Å²) in [7, 11) is 2.75. The maximum Gasteiger partial charge on any atom is 0.330 e. The van der Waals surface area contributed by atoms with Crippen LogP contribution in [0.5, 0.6) is 5.75 Å². The Balaban J connectivity index is 2.06. The SMILES string of the molecule is COC(=O)/C=C/C=C/c1ccc2c(c1OC)C(=O)c1ccccc1C2=O. The van der Waals surface area contributed by atoms with Crippen molar-refractivity contribution in [3.8, 4) is 5.75 Å². The number of fused-ring (bicyclic) bond motifs is 2. The summed E-state index contributed by atoms with van der Waals surface area (Å²) >= 11 is 0. The Labute approximate surface area is 150 Å². The Bertz CT molecular complexity index is 966. The van der Waals surface area contributed by atoms with Crippen molar-refractivity contribution in [2.75, 3.05) is 14.2 Å². The van der Waals surface area contributed by atoms with E-state index in [9.17, 15) is 14.4 Å². The Kier molecular flexibility index (Phi) is 4.80. The first-order valence-corrected chi connectivity index (χ1v) is 7.90. The summed E-state index contributed by atoms with van der Waals surface area (Å²) in [6.45, 7) is 0. The van der Waals surface area contributed by atoms with Crippen molar-refractivity contribution in [1.29, 1.82) is 0 Å². The van der Waals surface area contributed by atoms with E-state index in [1.807, 2.05) is 0 Å². The van der Waals surface area contributed by atoms with Crippen molar-refractivity contribution in [3.05, 3.63) is 82.4 Å². The number of benzene rings is 2. The van der Waals surface area contributed by atoms with Gasteiger partial charge < -0.3 is 9.47 Å². The Morgan fingerprint density at radius 3 is 2.23 bits per heavy atom. The van der Waals surface area contributed by atoms with E-state index >= 15 is 0 Å². The summed E-state index contributed by atoms with van der Waals surface area (Å²) in [5.41, 5.74) is 1.98. The fourth-order valence-electron chi connectivity index (χ4n) is 2.88. The van der Waals surface area contributed by atoms with Crippen LogP contribution in [0.2, 0.25) is 0 Å². The van der Waals surface area contributed by atoms with Crippen LogP contribution in [0.25, 0.3) is 6.08 Å². The first-order valence-electron chi connectivity index (χ1n) is 7.90. The zero-order chi connectivity index (χ0) is 18.7. The summed E-state index contributed by atoms with van der Waals surface area (Å²) in [6.07, 6.45) is 6.11. The van der Waals surface area contributed by atoms with Crippen LogP contribution in [0.4, 0.5) is 0 Å². The van der Waals surface area contributed by atoms with Gasteiger partial charge in [-0.1, -0.05) is 48.6 Å². The Morgan fingerprint density at radius 1 is 0.885 bits per heavy atom. The molecular formula is C21H16O5. The minimum Gasteiger partial charge on any atom is -0.495 e. The zero-order valence-electron chi connectivity index (χ0n) is 14.3. The predicted octanol–water partition coefficient (Wildman–Crippen LogP) is 3.21. The first-order chi connectivity index (χ1) is 12.6. The highest BCUT2D eigenvalue weighted by molar-refractivity contribution is 6.29. The van der Waals surface area contributed by atoms with Crippen molar-refractivity contribution < 1.29 is 23.9 Å². The predicted molar refractivity (Wildman–Crippen MR) is 96.5 cm³/mol. The summed E-state index contributed by atoms with van der Waals surface area (Å²) in [5.74, 6) is -0.579. The molecule has 0 aliphatic heterocycles. The maximum atomic E-state index is 12.9. The molecule has 2 aromatic carbocycles. The molecule has 26 heavy (non-hydrogen) atoms. The van der Waals surface area contributed by atoms with Gasteiger partial charge in [0.05, 0.1) is 19.8 Å². The van der Waals surface area contributed by atoms with Crippen LogP contribution in [0.15, 0.2) is 54.6 Å². The van der Waals surface area contributed by atoms with Crippen LogP contribution >= 0.6 is 0 Å². The lowest BCUT2D eigenvalue weighted by atomic mass is 9.82. The fraction of sp³-hybridized carbons (Fsp3) is 0.0952. The molecule has 0 spiro atoms. The highest BCUT2D eigenvalue weighted by Gasteiger charge is 2.32. The van der Waals surface area contributed by atoms with E-state index in [-0.39, 0.29) is 17.1 Å². The summed E-state index contributed by atoms with van der Waals surface area (Å²) in [6, 6.07) is 10.1. The maximum absolute atomic E-state index is 12.9. The highest BCUT2D eigenvalue weighted by Crippen LogP contribution is 2.36. The molecular weight excluding hydrogens is 332 g/mol. The van der Waals surface area contributed by atoms with E-state index in [0.717, 1.165) is 0 Å². The molecule has 5 nitrogen and oxygen atoms in total. The third-order valence-electron chi connectivity index (χ3n) is 4.10. The molecule has 130 valence electrons. The van der Waals surface area contributed by atoms with Gasteiger partial charge in [0.1, 0.15) is 5.75 Å². The van der Waals surface area contributed by atoms with E-state index in [2.05, 4.69) is 4.74 Å². The molecule has 0 radical (unpaired) electrons. The zero-order valence-corrected chi connectivity index (χ0v) is 14.3. The molecule has 1 aliphatic rings. The Morgan fingerprint density at radius 2 is 1.58 bits per heavy atom. The molecule has 0 unspecified atom stereocenters. The number of methoxy groups -OCH3 is 2. The standard InChI is InChI=1S/C21H16O5/c1-25-17(22)10-6-3-7-13-11-12-16-18(21(13)26-2)20(24)15-9-5-4-8-14(15)19(16)23/h3-12H,1-2H3/b7-3+,10-6+. The van der Waals surface area contributed by atoms with E-state index in [0.29, 0.717) is 28.0 Å². The lowest BCUT2D eigenvalue weighted by Gasteiger charge is -2.20. The molecule has 0 saturated carbocycles. The van der Waals surface area contributed by atoms with Crippen LogP contribution in [0, 0.1) is 0 Å². The number of hydrogen-bond donors (Lipinski definition) is 0. The molecule has 0 N–H and O–H groups in total. The molecule has 0 saturated heterocycles. The van der Waals surface area contributed by atoms with Gasteiger partial charge in [0.2, 0.25) is 0 Å². The third kappa shape index (κ3) is 2.95. The van der Waals surface area contributed by atoms with Gasteiger partial charge in [0.25, 0.3) is 0 Å². The quantitative estimate of drug-likeness (QED) is 0.411. The van der Waals surface area contributed by atoms with Crippen LogP contribution in [-0.4, -0.2) is 31.8 Å². The van der Waals surface area contributed by atoms with Crippen molar-refractivity contribution in [3.63, 3.8) is 0 Å². The molecule has 1 aliphatic carbocycles. The molecule has 0 atom stereocenters. The summed E-state index contributed by atoms with van der Waals surface area (Å²) in [4.78, 5) is 36.7. The second kappa shape index (κ2) is 7.19. The number of esters is 1. The van der Waals surface area contributed by atoms with Crippen molar-refractivity contribution in [2.45, 2.75) is 0 Å². The van der Waals surface area contributed by atoms with Gasteiger partial charge in [0, 0.05) is 28.3 Å². The lowest BCUT2D eigenvalue weighted by Crippen LogP contribution is -2.21. The normalized spacial score (nSPS) is 13.0. The van der Waals surface area contributed by atoms with Crippen molar-refractivity contribution in [2.24, 2.45) is 0 Å². The smallest absolute Gasteiger partial charge is 0.330 e. The van der Waals surface area contributed by atoms with Gasteiger partial charge in [-0.15, -0.1) is 0 Å². The molecule has 0 heterocycles. The lowest BCUT2D eigenvalue weighted by molar-refractivity contribution is -0.134. The van der Waals surface area contributed by atoms with Crippen LogP contribution in [0.1, 0.15) is 37.4 Å². The topological polar surface area (TPSA) is 69.7 Å². The fourth-order valence-corrected chi connectivity index (χ4v) is 2.88. The molecule has 5 heteroatoms. The monoisotopic (exact) mass is 348 g/mol. The van der Waals surface area contributed by atoms with E-state index < -0.39 is 5.97 Å². The van der Waals surface area contributed by atoms with Crippen LogP contribution in [-0.2, 0) is 9.53 Å². The largest absolute Gasteiger partial charge is 0.495 e. The number of carbonyl (C=O) groups excluding carboxylic acids is 3. The Hall–Kier alpha value is -3.47. The molecule has 0 bridgehead atoms. The number of hydrogen-bond acceptors (Lipinski definition) is 5. The first kappa shape index (κ1) is 17.4. The van der Waals surface area contributed by atoms with Gasteiger partial charge in [0.15, 0.2) is 11.6 Å². The number of allylic oxidation sites excluding steroid dienone is 2. The third-order valence-corrected chi connectivity index (χ3v) is 4.10. The van der Waals surface area contributed by atoms with Crippen molar-refractivity contribution in [1.82, 2.24) is 0 Å². The average Bonchev–Trinajstić information content (AvgIpc) is 2.68. The second-order valence-corrected chi connectivity index (χ2v) is 5.56. The molecule has 0 fully saturated rings. The van der Waals surface area contributed by atoms with Gasteiger partial charge in [-0.05, 0) is 6.07 Å². The summed E-state index contributed by atoms with van der Waals surface area (Å²) in [5, 5.41) is 0. The van der Waals surface area contributed by atoms with E-state index in [1.165, 1.54) is 26.4 Å². The number of ether oxygens (including phenoxy) is 2. The van der Waals surface area contributed by atoms with E-state index in [4.69, 9.17) is 4.74 Å². The molecule has 0 amide bonds. The van der Waals surface area contributed by atoms with Gasteiger partial charge in [-0.25, -0.2) is 4.79 Å². The van der Waals surface area contributed by atoms with Crippen LogP contribution < -0.4 is 4.74 Å².